The number of piperazine rings is 1. The molecular formula is C23H31N3O4S. The number of para-hydroxylation sites is 1. The minimum atomic E-state index is -3.63. The molecule has 1 heterocycles. The van der Waals surface area contributed by atoms with Crippen LogP contribution in [0, 0.1) is 6.92 Å². The van der Waals surface area contributed by atoms with Crippen LogP contribution in [0.1, 0.15) is 27.9 Å². The van der Waals surface area contributed by atoms with Crippen molar-refractivity contribution in [3.8, 4) is 5.75 Å². The molecule has 1 aliphatic heterocycles. The molecule has 1 N–H and O–H groups in total. The Labute approximate surface area is 185 Å². The maximum Gasteiger partial charge on any atom is 0.251 e. The van der Waals surface area contributed by atoms with Crippen LogP contribution < -0.4 is 10.1 Å². The summed E-state index contributed by atoms with van der Waals surface area (Å²) >= 11 is 0. The van der Waals surface area contributed by atoms with E-state index in [0.717, 1.165) is 24.2 Å². The summed E-state index contributed by atoms with van der Waals surface area (Å²) in [6.45, 7) is 4.56. The first-order valence-electron chi connectivity index (χ1n) is 10.5. The van der Waals surface area contributed by atoms with Gasteiger partial charge in [-0.2, -0.15) is 4.31 Å². The van der Waals surface area contributed by atoms with Crippen LogP contribution in [-0.4, -0.2) is 70.4 Å². The van der Waals surface area contributed by atoms with Crippen molar-refractivity contribution in [2.75, 3.05) is 46.9 Å². The molecule has 0 spiro atoms. The van der Waals surface area contributed by atoms with E-state index >= 15 is 0 Å². The van der Waals surface area contributed by atoms with Gasteiger partial charge < -0.3 is 15.0 Å². The number of benzene rings is 2. The summed E-state index contributed by atoms with van der Waals surface area (Å²) in [7, 11) is -0.00345. The van der Waals surface area contributed by atoms with Crippen molar-refractivity contribution >= 4 is 15.9 Å². The van der Waals surface area contributed by atoms with Gasteiger partial charge in [0.05, 0.1) is 12.0 Å². The third kappa shape index (κ3) is 5.64. The molecule has 7 nitrogen and oxygen atoms in total. The quantitative estimate of drug-likeness (QED) is 0.631. The lowest BCUT2D eigenvalue weighted by Gasteiger charge is -2.32. The van der Waals surface area contributed by atoms with E-state index in [-0.39, 0.29) is 10.8 Å². The average Bonchev–Trinajstić information content (AvgIpc) is 2.77. The molecule has 2 aromatic rings. The van der Waals surface area contributed by atoms with E-state index in [1.807, 2.05) is 31.3 Å². The highest BCUT2D eigenvalue weighted by atomic mass is 32.2. The first kappa shape index (κ1) is 23.2. The van der Waals surface area contributed by atoms with E-state index in [9.17, 15) is 13.2 Å². The lowest BCUT2D eigenvalue weighted by atomic mass is 10.1. The molecule has 1 fully saturated rings. The molecule has 2 aromatic carbocycles. The van der Waals surface area contributed by atoms with Gasteiger partial charge in [0.15, 0.2) is 0 Å². The standard InChI is InChI=1S/C23H31N3O4S/c1-18-10-11-20(17-22(18)31(28,29)26-15-13-25(2)14-16-26)23(27)24-12-6-8-19-7-4-5-9-21(19)30-3/h4-5,7,9-11,17H,6,8,12-16H2,1-3H3,(H,24,27). The maximum atomic E-state index is 13.1. The van der Waals surface area contributed by atoms with Crippen LogP contribution in [-0.2, 0) is 16.4 Å². The number of ether oxygens (including phenoxy) is 1. The second kappa shape index (κ2) is 10.3. The molecule has 0 radical (unpaired) electrons. The summed E-state index contributed by atoms with van der Waals surface area (Å²) < 4.78 is 33.1. The van der Waals surface area contributed by atoms with Crippen LogP contribution >= 0.6 is 0 Å². The predicted octanol–water partition coefficient (Wildman–Crippen LogP) is 2.30. The molecule has 1 saturated heterocycles. The van der Waals surface area contributed by atoms with Crippen molar-refractivity contribution < 1.29 is 17.9 Å². The lowest BCUT2D eigenvalue weighted by Crippen LogP contribution is -2.47. The molecule has 1 amide bonds. The summed E-state index contributed by atoms with van der Waals surface area (Å²) in [5.41, 5.74) is 2.09. The zero-order chi connectivity index (χ0) is 22.4. The molecule has 1 aliphatic rings. The van der Waals surface area contributed by atoms with Gasteiger partial charge in [0.2, 0.25) is 10.0 Å². The zero-order valence-corrected chi connectivity index (χ0v) is 19.2. The molecule has 8 heteroatoms. The molecular weight excluding hydrogens is 414 g/mol. The molecule has 168 valence electrons. The predicted molar refractivity (Wildman–Crippen MR) is 121 cm³/mol. The van der Waals surface area contributed by atoms with Gasteiger partial charge in [-0.15, -0.1) is 0 Å². The molecule has 0 aromatic heterocycles. The second-order valence-corrected chi connectivity index (χ2v) is 9.77. The monoisotopic (exact) mass is 445 g/mol. The minimum absolute atomic E-state index is 0.207. The van der Waals surface area contributed by atoms with E-state index in [0.29, 0.717) is 43.9 Å². The highest BCUT2D eigenvalue weighted by Gasteiger charge is 2.29. The largest absolute Gasteiger partial charge is 0.496 e. The average molecular weight is 446 g/mol. The van der Waals surface area contributed by atoms with E-state index < -0.39 is 10.0 Å². The van der Waals surface area contributed by atoms with Crippen LogP contribution in [0.3, 0.4) is 0 Å². The first-order valence-corrected chi connectivity index (χ1v) is 12.0. The number of likely N-dealkylation sites (N-methyl/N-ethyl adjacent to an activating group) is 1. The second-order valence-electron chi connectivity index (χ2n) is 7.86. The minimum Gasteiger partial charge on any atom is -0.496 e. The summed E-state index contributed by atoms with van der Waals surface area (Å²) in [5.74, 6) is 0.570. The number of carbonyl (C=O) groups excluding carboxylic acids is 1. The molecule has 0 bridgehead atoms. The molecule has 0 atom stereocenters. The lowest BCUT2D eigenvalue weighted by molar-refractivity contribution is 0.0953. The Kier molecular flexibility index (Phi) is 7.69. The Hall–Kier alpha value is -2.42. The number of carbonyl (C=O) groups is 1. The first-order chi connectivity index (χ1) is 14.8. The smallest absolute Gasteiger partial charge is 0.251 e. The van der Waals surface area contributed by atoms with Gasteiger partial charge in [0.25, 0.3) is 5.91 Å². The third-order valence-corrected chi connectivity index (χ3v) is 7.67. The normalized spacial score (nSPS) is 15.6. The van der Waals surface area contributed by atoms with Crippen molar-refractivity contribution in [2.45, 2.75) is 24.7 Å². The Morgan fingerprint density at radius 2 is 1.81 bits per heavy atom. The highest BCUT2D eigenvalue weighted by Crippen LogP contribution is 2.23. The SMILES string of the molecule is COc1ccccc1CCCNC(=O)c1ccc(C)c(S(=O)(=O)N2CCN(C)CC2)c1. The van der Waals surface area contributed by atoms with Crippen molar-refractivity contribution in [3.05, 3.63) is 59.2 Å². The van der Waals surface area contributed by atoms with Gasteiger partial charge in [-0.1, -0.05) is 24.3 Å². The fourth-order valence-electron chi connectivity index (χ4n) is 3.68. The number of rotatable bonds is 8. The van der Waals surface area contributed by atoms with Gasteiger partial charge in [-0.3, -0.25) is 4.79 Å². The fraction of sp³-hybridized carbons (Fsp3) is 0.435. The van der Waals surface area contributed by atoms with E-state index in [1.165, 1.54) is 10.4 Å². The molecule has 3 rings (SSSR count). The van der Waals surface area contributed by atoms with Gasteiger partial charge in [-0.05, 0) is 56.1 Å². The molecule has 31 heavy (non-hydrogen) atoms. The Morgan fingerprint density at radius 3 is 2.52 bits per heavy atom. The summed E-state index contributed by atoms with van der Waals surface area (Å²) in [6.07, 6.45) is 1.53. The van der Waals surface area contributed by atoms with Gasteiger partial charge in [-0.25, -0.2) is 8.42 Å². The van der Waals surface area contributed by atoms with Gasteiger partial charge in [0.1, 0.15) is 5.75 Å². The number of hydrogen-bond donors (Lipinski definition) is 1. The summed E-state index contributed by atoms with van der Waals surface area (Å²) in [5, 5.41) is 2.90. The van der Waals surface area contributed by atoms with E-state index in [1.54, 1.807) is 26.2 Å². The van der Waals surface area contributed by atoms with E-state index in [4.69, 9.17) is 4.74 Å². The van der Waals surface area contributed by atoms with Crippen molar-refractivity contribution in [3.63, 3.8) is 0 Å². The molecule has 0 aliphatic carbocycles. The number of methoxy groups -OCH3 is 1. The number of amides is 1. The summed E-state index contributed by atoms with van der Waals surface area (Å²) in [6, 6.07) is 12.7. The summed E-state index contributed by atoms with van der Waals surface area (Å²) in [4.78, 5) is 15.0. The third-order valence-electron chi connectivity index (χ3n) is 5.63. The van der Waals surface area contributed by atoms with Crippen LogP contribution in [0.25, 0.3) is 0 Å². The van der Waals surface area contributed by atoms with Gasteiger partial charge >= 0.3 is 0 Å². The number of aryl methyl sites for hydroxylation is 2. The highest BCUT2D eigenvalue weighted by molar-refractivity contribution is 7.89. The number of nitrogens with one attached hydrogen (secondary N) is 1. The molecule has 0 saturated carbocycles. The fourth-order valence-corrected chi connectivity index (χ4v) is 5.35. The zero-order valence-electron chi connectivity index (χ0n) is 18.4. The van der Waals surface area contributed by atoms with Crippen LogP contribution in [0.2, 0.25) is 0 Å². The van der Waals surface area contributed by atoms with Gasteiger partial charge in [0, 0.05) is 38.3 Å². The number of hydrogen-bond acceptors (Lipinski definition) is 5. The maximum absolute atomic E-state index is 13.1. The Balaban J connectivity index is 1.63. The van der Waals surface area contributed by atoms with Crippen LogP contribution in [0.4, 0.5) is 0 Å². The Bertz CT molecular complexity index is 1020. The van der Waals surface area contributed by atoms with Crippen molar-refractivity contribution in [1.29, 1.82) is 0 Å². The van der Waals surface area contributed by atoms with Crippen molar-refractivity contribution in [2.24, 2.45) is 0 Å². The topological polar surface area (TPSA) is 78.9 Å². The van der Waals surface area contributed by atoms with Crippen LogP contribution in [0.15, 0.2) is 47.4 Å². The number of sulfonamides is 1. The number of nitrogens with zero attached hydrogens (tertiary/aromatic N) is 2. The van der Waals surface area contributed by atoms with Crippen molar-refractivity contribution in [1.82, 2.24) is 14.5 Å². The Morgan fingerprint density at radius 1 is 1.10 bits per heavy atom. The molecule has 0 unspecified atom stereocenters. The van der Waals surface area contributed by atoms with E-state index in [2.05, 4.69) is 10.2 Å². The van der Waals surface area contributed by atoms with Crippen LogP contribution in [0.5, 0.6) is 5.75 Å².